The number of pyridine rings is 1. The Kier molecular flexibility index (Phi) is 2.62. The van der Waals surface area contributed by atoms with E-state index in [0.717, 1.165) is 12.0 Å². The Morgan fingerprint density at radius 2 is 2.31 bits per heavy atom. The molecule has 0 spiro atoms. The van der Waals surface area contributed by atoms with Crippen molar-refractivity contribution in [1.29, 1.82) is 0 Å². The second-order valence-electron chi connectivity index (χ2n) is 4.81. The van der Waals surface area contributed by atoms with E-state index in [0.29, 0.717) is 23.2 Å². The van der Waals surface area contributed by atoms with Gasteiger partial charge in [0.1, 0.15) is 5.15 Å². The summed E-state index contributed by atoms with van der Waals surface area (Å²) in [6, 6.07) is 4.70. The third-order valence-corrected chi connectivity index (χ3v) is 4.07. The number of nitrogens with zero attached hydrogens (tertiary/aromatic N) is 1. The van der Waals surface area contributed by atoms with Gasteiger partial charge in [0.25, 0.3) is 0 Å². The molecule has 16 heavy (non-hydrogen) atoms. The lowest BCUT2D eigenvalue weighted by molar-refractivity contribution is 0.0927. The van der Waals surface area contributed by atoms with Crippen LogP contribution in [0.5, 0.6) is 0 Å². The van der Waals surface area contributed by atoms with Crippen LogP contribution >= 0.6 is 11.6 Å². The number of aromatic nitrogens is 1. The van der Waals surface area contributed by atoms with Gasteiger partial charge in [0.05, 0.1) is 6.10 Å². The van der Waals surface area contributed by atoms with Crippen LogP contribution in [-0.4, -0.2) is 22.2 Å². The van der Waals surface area contributed by atoms with Crippen molar-refractivity contribution < 1.29 is 5.11 Å². The van der Waals surface area contributed by atoms with Gasteiger partial charge in [-0.1, -0.05) is 17.7 Å². The normalized spacial score (nSPS) is 34.2. The van der Waals surface area contributed by atoms with Crippen molar-refractivity contribution in [3.8, 4) is 0 Å². The molecule has 4 heteroatoms. The highest BCUT2D eigenvalue weighted by atomic mass is 35.5. The van der Waals surface area contributed by atoms with E-state index >= 15 is 0 Å². The first-order valence-corrected chi connectivity index (χ1v) is 6.17. The van der Waals surface area contributed by atoms with E-state index in [4.69, 9.17) is 11.6 Å². The first-order chi connectivity index (χ1) is 7.74. The van der Waals surface area contributed by atoms with E-state index < -0.39 is 6.10 Å². The summed E-state index contributed by atoms with van der Waals surface area (Å²) in [7, 11) is 0. The Bertz CT molecular complexity index is 381. The van der Waals surface area contributed by atoms with Gasteiger partial charge in [0.15, 0.2) is 0 Å². The van der Waals surface area contributed by atoms with Crippen molar-refractivity contribution in [3.63, 3.8) is 0 Å². The molecular weight excluding hydrogens is 224 g/mol. The maximum Gasteiger partial charge on any atom is 0.129 e. The molecule has 4 unspecified atom stereocenters. The molecule has 0 aliphatic carbocycles. The number of halogens is 1. The van der Waals surface area contributed by atoms with Crippen LogP contribution in [0.25, 0.3) is 0 Å². The molecule has 0 aromatic carbocycles. The summed E-state index contributed by atoms with van der Waals surface area (Å²) < 4.78 is 0. The summed E-state index contributed by atoms with van der Waals surface area (Å²) >= 11 is 5.73. The minimum absolute atomic E-state index is 0.335. The lowest BCUT2D eigenvalue weighted by atomic mass is 9.83. The number of aliphatic hydroxyl groups is 1. The van der Waals surface area contributed by atoms with Crippen molar-refractivity contribution in [2.45, 2.75) is 37.5 Å². The summed E-state index contributed by atoms with van der Waals surface area (Å²) in [5.41, 5.74) is 0.878. The lowest BCUT2D eigenvalue weighted by Gasteiger charge is -2.25. The molecule has 2 aliphatic rings. The second-order valence-corrected chi connectivity index (χ2v) is 5.19. The number of nitrogens with one attached hydrogen (secondary N) is 1. The molecule has 86 valence electrons. The molecule has 2 bridgehead atoms. The number of hydrogen-bond acceptors (Lipinski definition) is 3. The first-order valence-electron chi connectivity index (χ1n) is 5.79. The van der Waals surface area contributed by atoms with Crippen LogP contribution in [0.1, 0.15) is 30.9 Å². The Morgan fingerprint density at radius 1 is 1.44 bits per heavy atom. The van der Waals surface area contributed by atoms with E-state index in [-0.39, 0.29) is 0 Å². The molecule has 2 saturated heterocycles. The number of hydrogen-bond donors (Lipinski definition) is 2. The summed E-state index contributed by atoms with van der Waals surface area (Å²) in [5.74, 6) is 0.335. The number of rotatable bonds is 2. The average molecular weight is 239 g/mol. The third-order valence-electron chi connectivity index (χ3n) is 3.85. The van der Waals surface area contributed by atoms with E-state index in [9.17, 15) is 5.11 Å². The largest absolute Gasteiger partial charge is 0.388 e. The maximum atomic E-state index is 10.3. The Labute approximate surface area is 99.8 Å². The van der Waals surface area contributed by atoms with Gasteiger partial charge >= 0.3 is 0 Å². The molecule has 3 nitrogen and oxygen atoms in total. The minimum atomic E-state index is -0.410. The molecule has 3 heterocycles. The fourth-order valence-electron chi connectivity index (χ4n) is 3.02. The molecule has 2 aliphatic heterocycles. The monoisotopic (exact) mass is 238 g/mol. The van der Waals surface area contributed by atoms with Crippen LogP contribution in [0, 0.1) is 5.92 Å². The quantitative estimate of drug-likeness (QED) is 0.774. The van der Waals surface area contributed by atoms with Crippen molar-refractivity contribution in [1.82, 2.24) is 10.3 Å². The average Bonchev–Trinajstić information content (AvgIpc) is 2.91. The third kappa shape index (κ3) is 1.73. The summed E-state index contributed by atoms with van der Waals surface area (Å²) in [6.45, 7) is 0. The smallest absolute Gasteiger partial charge is 0.129 e. The fourth-order valence-corrected chi connectivity index (χ4v) is 3.14. The molecule has 0 radical (unpaired) electrons. The van der Waals surface area contributed by atoms with Crippen LogP contribution in [0.4, 0.5) is 0 Å². The van der Waals surface area contributed by atoms with Crippen LogP contribution in [0.3, 0.4) is 0 Å². The molecule has 0 saturated carbocycles. The van der Waals surface area contributed by atoms with Gasteiger partial charge < -0.3 is 10.4 Å². The Morgan fingerprint density at radius 3 is 2.88 bits per heavy atom. The van der Waals surface area contributed by atoms with E-state index in [1.54, 1.807) is 12.3 Å². The van der Waals surface area contributed by atoms with Crippen molar-refractivity contribution >= 4 is 11.6 Å². The van der Waals surface area contributed by atoms with Crippen molar-refractivity contribution in [3.05, 3.63) is 29.0 Å². The zero-order chi connectivity index (χ0) is 11.1. The van der Waals surface area contributed by atoms with Crippen LogP contribution in [0.2, 0.25) is 5.15 Å². The zero-order valence-electron chi connectivity index (χ0n) is 8.94. The van der Waals surface area contributed by atoms with Crippen molar-refractivity contribution in [2.24, 2.45) is 5.92 Å². The van der Waals surface area contributed by atoms with Gasteiger partial charge in [-0.25, -0.2) is 4.98 Å². The summed E-state index contributed by atoms with van der Waals surface area (Å²) in [6.07, 6.45) is 4.79. The van der Waals surface area contributed by atoms with Gasteiger partial charge in [0.2, 0.25) is 0 Å². The van der Waals surface area contributed by atoms with Crippen LogP contribution < -0.4 is 5.32 Å². The SMILES string of the molecule is OC(c1ccc(Cl)nc1)C1CC2CCC1N2. The maximum absolute atomic E-state index is 10.3. The minimum Gasteiger partial charge on any atom is -0.388 e. The van der Waals surface area contributed by atoms with E-state index in [1.807, 2.05) is 6.07 Å². The van der Waals surface area contributed by atoms with Crippen LogP contribution in [0.15, 0.2) is 18.3 Å². The fraction of sp³-hybridized carbons (Fsp3) is 0.583. The highest BCUT2D eigenvalue weighted by molar-refractivity contribution is 6.29. The summed E-state index contributed by atoms with van der Waals surface area (Å²) in [4.78, 5) is 4.02. The highest BCUT2D eigenvalue weighted by Crippen LogP contribution is 2.40. The van der Waals surface area contributed by atoms with Gasteiger partial charge in [0, 0.05) is 24.2 Å². The van der Waals surface area contributed by atoms with Gasteiger partial charge in [-0.15, -0.1) is 0 Å². The predicted molar refractivity (Wildman–Crippen MR) is 62.3 cm³/mol. The van der Waals surface area contributed by atoms with E-state index in [2.05, 4.69) is 10.3 Å². The van der Waals surface area contributed by atoms with E-state index in [1.165, 1.54) is 12.8 Å². The Balaban J connectivity index is 1.77. The lowest BCUT2D eigenvalue weighted by Crippen LogP contribution is -2.27. The van der Waals surface area contributed by atoms with Crippen LogP contribution in [-0.2, 0) is 0 Å². The van der Waals surface area contributed by atoms with Crippen molar-refractivity contribution in [2.75, 3.05) is 0 Å². The molecule has 4 atom stereocenters. The number of fused-ring (bicyclic) bond motifs is 2. The first kappa shape index (κ1) is 10.5. The standard InChI is InChI=1S/C12H15ClN2O/c13-11-4-1-7(6-14-11)12(16)9-5-8-2-3-10(9)15-8/h1,4,6,8-10,12,15-16H,2-3,5H2. The zero-order valence-corrected chi connectivity index (χ0v) is 9.69. The van der Waals surface area contributed by atoms with Gasteiger partial charge in [-0.3, -0.25) is 0 Å². The molecule has 3 rings (SSSR count). The Hall–Kier alpha value is -0.640. The molecule has 0 amide bonds. The molecular formula is C12H15ClN2O. The molecule has 2 fully saturated rings. The molecule has 1 aromatic heterocycles. The topological polar surface area (TPSA) is 45.2 Å². The molecule has 2 N–H and O–H groups in total. The van der Waals surface area contributed by atoms with Gasteiger partial charge in [-0.2, -0.15) is 0 Å². The number of aliphatic hydroxyl groups excluding tert-OH is 1. The second kappa shape index (κ2) is 3.99. The highest BCUT2D eigenvalue weighted by Gasteiger charge is 2.42. The summed E-state index contributed by atoms with van der Waals surface area (Å²) in [5, 5.41) is 14.3. The van der Waals surface area contributed by atoms with Gasteiger partial charge in [-0.05, 0) is 30.9 Å². The molecule has 1 aromatic rings. The predicted octanol–water partition coefficient (Wildman–Crippen LogP) is 1.91.